The number of aromatic nitrogens is 1. The number of primary amides is 1. The van der Waals surface area contributed by atoms with Gasteiger partial charge in [-0.05, 0) is 30.9 Å². The van der Waals surface area contributed by atoms with Gasteiger partial charge in [0.15, 0.2) is 5.82 Å². The molecule has 1 heterocycles. The lowest BCUT2D eigenvalue weighted by Crippen LogP contribution is -2.29. The molecule has 0 unspecified atom stereocenters. The van der Waals surface area contributed by atoms with Crippen LogP contribution in [0.2, 0.25) is 0 Å². The molecular formula is C14H22N4O. The van der Waals surface area contributed by atoms with Crippen molar-refractivity contribution in [2.24, 2.45) is 11.7 Å². The van der Waals surface area contributed by atoms with E-state index in [2.05, 4.69) is 4.98 Å². The zero-order valence-corrected chi connectivity index (χ0v) is 11.4. The molecule has 1 aromatic rings. The molecule has 0 aliphatic heterocycles. The Morgan fingerprint density at radius 1 is 1.37 bits per heavy atom. The number of anilines is 2. The van der Waals surface area contributed by atoms with Gasteiger partial charge < -0.3 is 16.4 Å². The first kappa shape index (κ1) is 13.6. The summed E-state index contributed by atoms with van der Waals surface area (Å²) in [5.74, 6) is 0.825. The van der Waals surface area contributed by atoms with Crippen LogP contribution < -0.4 is 16.4 Å². The first-order chi connectivity index (χ1) is 9.08. The second-order valence-electron chi connectivity index (χ2n) is 5.36. The monoisotopic (exact) mass is 262 g/mol. The van der Waals surface area contributed by atoms with Gasteiger partial charge in [0.05, 0.1) is 5.69 Å². The molecule has 2 rings (SSSR count). The van der Waals surface area contributed by atoms with E-state index in [1.54, 1.807) is 12.1 Å². The van der Waals surface area contributed by atoms with Crippen LogP contribution in [-0.4, -0.2) is 24.5 Å². The van der Waals surface area contributed by atoms with Gasteiger partial charge >= 0.3 is 0 Å². The Morgan fingerprint density at radius 2 is 2.05 bits per heavy atom. The Labute approximate surface area is 114 Å². The van der Waals surface area contributed by atoms with E-state index in [1.165, 1.54) is 32.1 Å². The molecule has 19 heavy (non-hydrogen) atoms. The molecule has 4 N–H and O–H groups in total. The highest BCUT2D eigenvalue weighted by atomic mass is 16.1. The number of carbonyl (C=O) groups is 1. The first-order valence-corrected chi connectivity index (χ1v) is 6.85. The number of hydrogen-bond donors (Lipinski definition) is 2. The maximum atomic E-state index is 11.2. The van der Waals surface area contributed by atoms with Crippen molar-refractivity contribution in [2.45, 2.75) is 32.1 Å². The normalized spacial score (nSPS) is 16.3. The Balaban J connectivity index is 2.10. The number of rotatable bonds is 4. The van der Waals surface area contributed by atoms with E-state index >= 15 is 0 Å². The Hall–Kier alpha value is -1.78. The van der Waals surface area contributed by atoms with E-state index < -0.39 is 5.91 Å². The van der Waals surface area contributed by atoms with Crippen LogP contribution >= 0.6 is 0 Å². The van der Waals surface area contributed by atoms with Gasteiger partial charge in [-0.15, -0.1) is 0 Å². The van der Waals surface area contributed by atoms with Crippen molar-refractivity contribution < 1.29 is 4.79 Å². The van der Waals surface area contributed by atoms with Gasteiger partial charge in [0.2, 0.25) is 0 Å². The van der Waals surface area contributed by atoms with Crippen LogP contribution in [0.4, 0.5) is 11.5 Å². The average Bonchev–Trinajstić information content (AvgIpc) is 2.40. The van der Waals surface area contributed by atoms with Crippen LogP contribution in [0.5, 0.6) is 0 Å². The fraction of sp³-hybridized carbons (Fsp3) is 0.571. The fourth-order valence-corrected chi connectivity index (χ4v) is 2.75. The van der Waals surface area contributed by atoms with Crippen LogP contribution in [0.3, 0.4) is 0 Å². The zero-order chi connectivity index (χ0) is 13.8. The number of pyridine rings is 1. The topological polar surface area (TPSA) is 85.2 Å². The van der Waals surface area contributed by atoms with Gasteiger partial charge in [0, 0.05) is 13.6 Å². The van der Waals surface area contributed by atoms with Crippen LogP contribution in [-0.2, 0) is 0 Å². The predicted molar refractivity (Wildman–Crippen MR) is 77.0 cm³/mol. The number of hydrogen-bond acceptors (Lipinski definition) is 4. The molecule has 1 aliphatic carbocycles. The average molecular weight is 262 g/mol. The second kappa shape index (κ2) is 5.91. The minimum atomic E-state index is -0.521. The summed E-state index contributed by atoms with van der Waals surface area (Å²) >= 11 is 0. The van der Waals surface area contributed by atoms with Gasteiger partial charge in [0.25, 0.3) is 5.91 Å². The maximum Gasteiger partial charge on any atom is 0.267 e. The summed E-state index contributed by atoms with van der Waals surface area (Å²) in [6.45, 7) is 0.930. The summed E-state index contributed by atoms with van der Waals surface area (Å²) in [5, 5.41) is 0. The Kier molecular flexibility index (Phi) is 4.24. The number of nitrogens with zero attached hydrogens (tertiary/aromatic N) is 2. The second-order valence-corrected chi connectivity index (χ2v) is 5.36. The summed E-state index contributed by atoms with van der Waals surface area (Å²) in [4.78, 5) is 17.5. The third kappa shape index (κ3) is 3.36. The minimum absolute atomic E-state index is 0.264. The zero-order valence-electron chi connectivity index (χ0n) is 11.4. The molecule has 1 amide bonds. The quantitative estimate of drug-likeness (QED) is 0.866. The number of amides is 1. The summed E-state index contributed by atoms with van der Waals surface area (Å²) in [7, 11) is 1.97. The summed E-state index contributed by atoms with van der Waals surface area (Å²) in [5.41, 5.74) is 12.0. The molecule has 5 nitrogen and oxygen atoms in total. The first-order valence-electron chi connectivity index (χ1n) is 6.85. The molecule has 1 saturated carbocycles. The van der Waals surface area contributed by atoms with Crippen LogP contribution in [0.1, 0.15) is 42.6 Å². The molecule has 0 saturated heterocycles. The predicted octanol–water partition coefficient (Wildman–Crippen LogP) is 1.78. The number of nitrogen functional groups attached to an aromatic ring is 1. The molecule has 0 bridgehead atoms. The van der Waals surface area contributed by atoms with E-state index in [4.69, 9.17) is 11.5 Å². The van der Waals surface area contributed by atoms with E-state index in [0.717, 1.165) is 6.54 Å². The van der Waals surface area contributed by atoms with Crippen molar-refractivity contribution >= 4 is 17.4 Å². The molecule has 0 aromatic carbocycles. The molecule has 1 fully saturated rings. The van der Waals surface area contributed by atoms with Crippen molar-refractivity contribution in [3.63, 3.8) is 0 Å². The molecule has 1 aliphatic rings. The highest BCUT2D eigenvalue weighted by molar-refractivity contribution is 5.91. The van der Waals surface area contributed by atoms with Gasteiger partial charge in [-0.25, -0.2) is 4.98 Å². The standard InChI is InChI=1S/C14H22N4O/c1-18(9-10-5-3-2-4-6-10)14-11(15)7-8-12(17-14)13(16)19/h7-8,10H,2-6,9,15H2,1H3,(H2,16,19). The van der Waals surface area contributed by atoms with Gasteiger partial charge in [-0.3, -0.25) is 4.79 Å². The van der Waals surface area contributed by atoms with Crippen molar-refractivity contribution in [3.05, 3.63) is 17.8 Å². The van der Waals surface area contributed by atoms with Crippen molar-refractivity contribution in [1.82, 2.24) is 4.98 Å². The van der Waals surface area contributed by atoms with Crippen LogP contribution in [0, 0.1) is 5.92 Å². The summed E-state index contributed by atoms with van der Waals surface area (Å²) < 4.78 is 0. The third-order valence-corrected chi connectivity index (χ3v) is 3.78. The molecule has 0 spiro atoms. The Morgan fingerprint density at radius 3 is 2.68 bits per heavy atom. The molecule has 104 valence electrons. The van der Waals surface area contributed by atoms with Gasteiger partial charge in [0.1, 0.15) is 5.69 Å². The van der Waals surface area contributed by atoms with E-state index in [0.29, 0.717) is 17.4 Å². The molecule has 0 radical (unpaired) electrons. The highest BCUT2D eigenvalue weighted by Gasteiger charge is 2.18. The molecular weight excluding hydrogens is 240 g/mol. The lowest BCUT2D eigenvalue weighted by Gasteiger charge is -2.28. The maximum absolute atomic E-state index is 11.2. The fourth-order valence-electron chi connectivity index (χ4n) is 2.75. The molecule has 0 atom stereocenters. The number of carbonyl (C=O) groups excluding carboxylic acids is 1. The SMILES string of the molecule is CN(CC1CCCCC1)c1nc(C(N)=O)ccc1N. The van der Waals surface area contributed by atoms with Crippen molar-refractivity contribution in [1.29, 1.82) is 0 Å². The minimum Gasteiger partial charge on any atom is -0.396 e. The third-order valence-electron chi connectivity index (χ3n) is 3.78. The number of nitrogens with two attached hydrogens (primary N) is 2. The van der Waals surface area contributed by atoms with Crippen LogP contribution in [0.25, 0.3) is 0 Å². The lowest BCUT2D eigenvalue weighted by atomic mass is 9.89. The Bertz CT molecular complexity index is 455. The summed E-state index contributed by atoms with van der Waals surface area (Å²) in [6.07, 6.45) is 6.49. The van der Waals surface area contributed by atoms with E-state index in [9.17, 15) is 4.79 Å². The highest BCUT2D eigenvalue weighted by Crippen LogP contribution is 2.27. The van der Waals surface area contributed by atoms with Gasteiger partial charge in [-0.2, -0.15) is 0 Å². The summed E-state index contributed by atoms with van der Waals surface area (Å²) in [6, 6.07) is 3.26. The van der Waals surface area contributed by atoms with E-state index in [-0.39, 0.29) is 5.69 Å². The largest absolute Gasteiger partial charge is 0.396 e. The lowest BCUT2D eigenvalue weighted by molar-refractivity contribution is 0.0995. The van der Waals surface area contributed by atoms with Gasteiger partial charge in [-0.1, -0.05) is 19.3 Å². The molecule has 1 aromatic heterocycles. The smallest absolute Gasteiger partial charge is 0.267 e. The van der Waals surface area contributed by atoms with Crippen LogP contribution in [0.15, 0.2) is 12.1 Å². The van der Waals surface area contributed by atoms with Crippen molar-refractivity contribution in [2.75, 3.05) is 24.2 Å². The molecule has 5 heteroatoms. The van der Waals surface area contributed by atoms with Crippen molar-refractivity contribution in [3.8, 4) is 0 Å². The van der Waals surface area contributed by atoms with E-state index in [1.807, 2.05) is 11.9 Å².